The monoisotopic (exact) mass is 892 g/mol. The van der Waals surface area contributed by atoms with Gasteiger partial charge in [-0.2, -0.15) is 18.4 Å². The Morgan fingerprint density at radius 2 is 1.46 bits per heavy atom. The number of likely N-dealkylation sites (N-methyl/N-ethyl adjacent to an activating group) is 3. The Bertz CT molecular complexity index is 1760. The number of carbonyl (C=O) groups excluding carboxylic acids is 7. The van der Waals surface area contributed by atoms with E-state index in [9.17, 15) is 52.0 Å². The molecule has 0 spiro atoms. The number of rotatable bonds is 15. The summed E-state index contributed by atoms with van der Waals surface area (Å²) in [4.78, 5) is 102. The fourth-order valence-electron chi connectivity index (χ4n) is 7.67. The van der Waals surface area contributed by atoms with E-state index in [2.05, 4.69) is 16.0 Å². The van der Waals surface area contributed by atoms with E-state index in [1.54, 1.807) is 64.1 Å². The number of esters is 1. The molecule has 5 unspecified atom stereocenters. The highest BCUT2D eigenvalue weighted by Gasteiger charge is 2.47. The topological polar surface area (TPSA) is 198 Å². The van der Waals surface area contributed by atoms with Gasteiger partial charge in [-0.1, -0.05) is 91.1 Å². The molecule has 5 amide bonds. The van der Waals surface area contributed by atoms with Crippen molar-refractivity contribution in [1.29, 1.82) is 5.26 Å². The summed E-state index contributed by atoms with van der Waals surface area (Å²) in [5, 5.41) is 17.3. The van der Waals surface area contributed by atoms with Crippen LogP contribution in [0.15, 0.2) is 30.3 Å². The predicted octanol–water partition coefficient (Wildman–Crippen LogP) is 4.67. The van der Waals surface area contributed by atoms with Crippen molar-refractivity contribution in [1.82, 2.24) is 30.7 Å². The van der Waals surface area contributed by atoms with Crippen LogP contribution in [0, 0.1) is 29.1 Å². The van der Waals surface area contributed by atoms with Crippen molar-refractivity contribution in [3.8, 4) is 6.07 Å². The van der Waals surface area contributed by atoms with E-state index < -0.39 is 102 Å². The molecule has 1 aliphatic rings. The first-order chi connectivity index (χ1) is 29.4. The molecule has 1 aromatic carbocycles. The second kappa shape index (κ2) is 24.7. The lowest BCUT2D eigenvalue weighted by Gasteiger charge is -2.44. The highest BCUT2D eigenvalue weighted by molar-refractivity contribution is 5.96. The quantitative estimate of drug-likeness (QED) is 0.164. The third-order valence-electron chi connectivity index (χ3n) is 11.4. The van der Waals surface area contributed by atoms with Crippen molar-refractivity contribution in [3.63, 3.8) is 0 Å². The summed E-state index contributed by atoms with van der Waals surface area (Å²) in [6, 6.07) is 3.11. The number of cyclic esters (lactones) is 1. The van der Waals surface area contributed by atoms with Gasteiger partial charge < -0.3 is 30.1 Å². The molecule has 15 nitrogen and oxygen atoms in total. The molecular formula is C45H68F3N7O8. The molecule has 2 rings (SSSR count). The molecule has 8 atom stereocenters. The number of nitrogens with zero attached hydrogens (tertiary/aromatic N) is 4. The van der Waals surface area contributed by atoms with Crippen LogP contribution in [-0.4, -0.2) is 126 Å². The van der Waals surface area contributed by atoms with Crippen molar-refractivity contribution in [3.05, 3.63) is 35.9 Å². The van der Waals surface area contributed by atoms with Crippen LogP contribution >= 0.6 is 0 Å². The fourth-order valence-corrected chi connectivity index (χ4v) is 7.67. The second-order valence-corrected chi connectivity index (χ2v) is 17.7. The van der Waals surface area contributed by atoms with Crippen molar-refractivity contribution in [2.45, 2.75) is 161 Å². The van der Waals surface area contributed by atoms with Gasteiger partial charge in [0.2, 0.25) is 23.6 Å². The van der Waals surface area contributed by atoms with Crippen LogP contribution < -0.4 is 16.0 Å². The maximum atomic E-state index is 14.9. The summed E-state index contributed by atoms with van der Waals surface area (Å²) < 4.78 is 48.1. The minimum Gasteiger partial charge on any atom is -0.451 e. The summed E-state index contributed by atoms with van der Waals surface area (Å²) in [7, 11) is 3.78. The van der Waals surface area contributed by atoms with Gasteiger partial charge in [-0.05, 0) is 49.5 Å². The average Bonchev–Trinajstić information content (AvgIpc) is 3.22. The van der Waals surface area contributed by atoms with E-state index in [-0.39, 0.29) is 43.9 Å². The van der Waals surface area contributed by atoms with Gasteiger partial charge in [0.05, 0.1) is 18.5 Å². The third kappa shape index (κ3) is 16.2. The number of aldehydes is 1. The van der Waals surface area contributed by atoms with Crippen LogP contribution in [0.4, 0.5) is 13.2 Å². The van der Waals surface area contributed by atoms with Crippen LogP contribution in [0.2, 0.25) is 0 Å². The molecule has 0 saturated carbocycles. The average molecular weight is 892 g/mol. The first-order valence-electron chi connectivity index (χ1n) is 21.8. The zero-order valence-electron chi connectivity index (χ0n) is 38.4. The minimum atomic E-state index is -5.04. The number of halogens is 3. The Morgan fingerprint density at radius 1 is 0.857 bits per heavy atom. The Morgan fingerprint density at radius 3 is 2.00 bits per heavy atom. The lowest BCUT2D eigenvalue weighted by atomic mass is 9.92. The zero-order chi connectivity index (χ0) is 47.8. The molecule has 63 heavy (non-hydrogen) atoms. The number of carbonyl (C=O) groups is 7. The van der Waals surface area contributed by atoms with Gasteiger partial charge in [-0.25, -0.2) is 4.79 Å². The molecule has 0 radical (unpaired) electrons. The molecule has 1 heterocycles. The molecule has 352 valence electrons. The second-order valence-electron chi connectivity index (χ2n) is 17.7. The number of alkyl halides is 3. The summed E-state index contributed by atoms with van der Waals surface area (Å²) in [6.07, 6.45) is -6.92. The van der Waals surface area contributed by atoms with Crippen molar-refractivity contribution >= 4 is 41.8 Å². The molecule has 0 bridgehead atoms. The normalized spacial score (nSPS) is 26.0. The number of unbranched alkanes of at least 4 members (excludes halogenated alkanes) is 1. The van der Waals surface area contributed by atoms with Crippen LogP contribution in [0.3, 0.4) is 0 Å². The number of ether oxygens (including phenoxy) is 1. The lowest BCUT2D eigenvalue weighted by Crippen LogP contribution is -2.69. The molecule has 18 heteroatoms. The van der Waals surface area contributed by atoms with Gasteiger partial charge in [0.25, 0.3) is 5.91 Å². The van der Waals surface area contributed by atoms with Gasteiger partial charge in [-0.15, -0.1) is 0 Å². The van der Waals surface area contributed by atoms with Gasteiger partial charge in [0.15, 0.2) is 18.1 Å². The number of nitriles is 1. The van der Waals surface area contributed by atoms with Crippen LogP contribution in [-0.2, 0) is 44.7 Å². The highest BCUT2D eigenvalue weighted by atomic mass is 19.4. The molecule has 1 saturated heterocycles. The van der Waals surface area contributed by atoms with E-state index >= 15 is 0 Å². The van der Waals surface area contributed by atoms with E-state index in [1.807, 2.05) is 13.8 Å². The van der Waals surface area contributed by atoms with Gasteiger partial charge >= 0.3 is 12.1 Å². The van der Waals surface area contributed by atoms with Crippen molar-refractivity contribution < 1.29 is 51.5 Å². The maximum Gasteiger partial charge on any atom is 0.391 e. The van der Waals surface area contributed by atoms with Gasteiger partial charge in [-0.3, -0.25) is 34.1 Å². The summed E-state index contributed by atoms with van der Waals surface area (Å²) >= 11 is 0. The molecule has 3 N–H and O–H groups in total. The fraction of sp³-hybridized carbons (Fsp3) is 0.689. The summed E-state index contributed by atoms with van der Waals surface area (Å²) in [5.74, 6) is -6.63. The minimum absolute atomic E-state index is 0.0136. The molecule has 1 aromatic rings. The third-order valence-corrected chi connectivity index (χ3v) is 11.4. The Kier molecular flexibility index (Phi) is 21.2. The van der Waals surface area contributed by atoms with Gasteiger partial charge in [0, 0.05) is 40.4 Å². The molecule has 1 fully saturated rings. The molecule has 0 aromatic heterocycles. The van der Waals surface area contributed by atoms with Crippen molar-refractivity contribution in [2.75, 3.05) is 21.1 Å². The number of benzene rings is 1. The van der Waals surface area contributed by atoms with E-state index in [1.165, 1.54) is 25.9 Å². The lowest BCUT2D eigenvalue weighted by molar-refractivity contribution is -0.167. The highest BCUT2D eigenvalue weighted by Crippen LogP contribution is 2.28. The summed E-state index contributed by atoms with van der Waals surface area (Å²) in [5.41, 5.74) is -1.46. The van der Waals surface area contributed by atoms with Crippen LogP contribution in [0.5, 0.6) is 0 Å². The Balaban J connectivity index is 2.99. The largest absolute Gasteiger partial charge is 0.451 e. The maximum absolute atomic E-state index is 14.9. The number of nitrogens with one attached hydrogen (secondary N) is 3. The Labute approximate surface area is 370 Å². The van der Waals surface area contributed by atoms with E-state index in [0.29, 0.717) is 18.3 Å². The predicted molar refractivity (Wildman–Crippen MR) is 229 cm³/mol. The summed E-state index contributed by atoms with van der Waals surface area (Å²) in [6.45, 7) is 12.3. The number of hydrogen-bond acceptors (Lipinski definition) is 10. The van der Waals surface area contributed by atoms with Crippen LogP contribution in [0.1, 0.15) is 112 Å². The van der Waals surface area contributed by atoms with Gasteiger partial charge in [0.1, 0.15) is 24.2 Å². The molecule has 1 aliphatic heterocycles. The smallest absolute Gasteiger partial charge is 0.391 e. The van der Waals surface area contributed by atoms with Crippen molar-refractivity contribution in [2.24, 2.45) is 17.8 Å². The first kappa shape index (κ1) is 54.1. The SMILES string of the molecule is CCCCC(C)CC1NC(=O)C(Cc2ccccc2)N(C)C(=O)C(CC(C)C)N[C@](C=O)(CC(C)C)N(C)C(=O)[C@@H](CC(F)(F)F)NC(=O)[C@@H](CCC#N)OC(=O)C(C)N(C)C1=O. The number of amides is 5. The molecular weight excluding hydrogens is 824 g/mol. The Hall–Kier alpha value is -5.05. The van der Waals surface area contributed by atoms with E-state index in [4.69, 9.17) is 4.74 Å². The van der Waals surface area contributed by atoms with Crippen LogP contribution in [0.25, 0.3) is 0 Å². The number of hydrogen-bond donors (Lipinski definition) is 3. The molecule has 0 aliphatic carbocycles. The first-order valence-corrected chi connectivity index (χ1v) is 21.8. The van der Waals surface area contributed by atoms with E-state index in [0.717, 1.165) is 29.7 Å². The standard InChI is InChI=1S/C45H68F3N7O8/c1-11-12-17-30(6)23-33-40(59)53(8)31(7)43(62)63-37(20-16-21-49)39(58)51-35(26-45(46,47)48)42(61)55(10)44(27-56,25-29(4)5)52-34(22-28(2)3)41(60)54(9)36(38(57)50-33)24-32-18-14-13-15-19-32/h13-15,18-19,27-31,33-37,52H,11-12,16-17,20,22-26H2,1-10H3,(H,50,57)(H,51,58)/t30?,31?,33?,34?,35-,36?,37-,44-/m1/s1. The zero-order valence-corrected chi connectivity index (χ0v) is 38.4.